The molecule has 142 valence electrons. The van der Waals surface area contributed by atoms with Gasteiger partial charge in [-0.05, 0) is 32.4 Å². The predicted octanol–water partition coefficient (Wildman–Crippen LogP) is 3.39. The zero-order chi connectivity index (χ0) is 19.4. The van der Waals surface area contributed by atoms with E-state index in [1.54, 1.807) is 0 Å². The van der Waals surface area contributed by atoms with Crippen molar-refractivity contribution < 1.29 is 0 Å². The van der Waals surface area contributed by atoms with Crippen LogP contribution >= 0.6 is 0 Å². The Hall–Kier alpha value is -3.09. The highest BCUT2D eigenvalue weighted by Gasteiger charge is 2.44. The molecule has 1 fully saturated rings. The standard InChI is InChI=1S/C21H23N7/c1-5-19-24-13(3)26-28(19)20-11-17(22-12(2)23-20)14-10-15(14)21-25-16-8-6-7-9-18(16)27(21)4/h6-9,11,14-15H,5,10H2,1-4H3/t14-,15-/m1/s1. The second-order valence-electron chi connectivity index (χ2n) is 7.51. The van der Waals surface area contributed by atoms with Crippen LogP contribution in [0.2, 0.25) is 0 Å². The monoisotopic (exact) mass is 373 g/mol. The molecule has 0 unspecified atom stereocenters. The van der Waals surface area contributed by atoms with Crippen LogP contribution in [0, 0.1) is 13.8 Å². The number of fused-ring (bicyclic) bond motifs is 1. The summed E-state index contributed by atoms with van der Waals surface area (Å²) in [6.07, 6.45) is 1.87. The van der Waals surface area contributed by atoms with Gasteiger partial charge in [0.15, 0.2) is 5.82 Å². The SMILES string of the molecule is CCc1nc(C)nn1-c1cc([C@@H]2C[C@H]2c2nc3ccccc3n2C)nc(C)n1. The molecular formula is C21H23N7. The first kappa shape index (κ1) is 17.0. The molecule has 0 radical (unpaired) electrons. The zero-order valence-electron chi connectivity index (χ0n) is 16.6. The van der Waals surface area contributed by atoms with E-state index in [4.69, 9.17) is 9.97 Å². The molecule has 1 aromatic carbocycles. The van der Waals surface area contributed by atoms with Crippen molar-refractivity contribution >= 4 is 11.0 Å². The molecule has 28 heavy (non-hydrogen) atoms. The van der Waals surface area contributed by atoms with E-state index in [0.29, 0.717) is 11.8 Å². The molecule has 2 atom stereocenters. The van der Waals surface area contributed by atoms with Crippen molar-refractivity contribution in [3.05, 3.63) is 59.3 Å². The van der Waals surface area contributed by atoms with E-state index in [-0.39, 0.29) is 0 Å². The van der Waals surface area contributed by atoms with Gasteiger partial charge < -0.3 is 4.57 Å². The number of para-hydroxylation sites is 2. The maximum Gasteiger partial charge on any atom is 0.159 e. The van der Waals surface area contributed by atoms with Gasteiger partial charge in [-0.3, -0.25) is 0 Å². The summed E-state index contributed by atoms with van der Waals surface area (Å²) in [5, 5.41) is 4.53. The van der Waals surface area contributed by atoms with Crippen molar-refractivity contribution in [3.8, 4) is 5.82 Å². The fourth-order valence-corrected chi connectivity index (χ4v) is 4.05. The van der Waals surface area contributed by atoms with E-state index in [9.17, 15) is 0 Å². The Balaban J connectivity index is 1.51. The number of hydrogen-bond acceptors (Lipinski definition) is 5. The lowest BCUT2D eigenvalue weighted by Crippen LogP contribution is -2.08. The second-order valence-corrected chi connectivity index (χ2v) is 7.51. The number of aromatic nitrogens is 7. The van der Waals surface area contributed by atoms with E-state index in [1.165, 1.54) is 5.52 Å². The molecule has 0 N–H and O–H groups in total. The molecule has 0 amide bonds. The Morgan fingerprint density at radius 3 is 2.61 bits per heavy atom. The Morgan fingerprint density at radius 1 is 1.00 bits per heavy atom. The third kappa shape index (κ3) is 2.69. The molecule has 0 aliphatic heterocycles. The summed E-state index contributed by atoms with van der Waals surface area (Å²) in [4.78, 5) is 18.7. The Labute approximate surface area is 163 Å². The summed E-state index contributed by atoms with van der Waals surface area (Å²) in [5.41, 5.74) is 3.29. The highest BCUT2D eigenvalue weighted by Crippen LogP contribution is 2.54. The Morgan fingerprint density at radius 2 is 1.82 bits per heavy atom. The van der Waals surface area contributed by atoms with E-state index < -0.39 is 0 Å². The number of imidazole rings is 1. The molecule has 5 rings (SSSR count). The Bertz CT molecular complexity index is 1190. The normalized spacial score (nSPS) is 18.7. The number of benzene rings is 1. The summed E-state index contributed by atoms with van der Waals surface area (Å²) in [5.74, 6) is 5.14. The molecule has 0 spiro atoms. The lowest BCUT2D eigenvalue weighted by atomic mass is 10.2. The minimum atomic E-state index is 0.366. The van der Waals surface area contributed by atoms with Crippen LogP contribution in [0.15, 0.2) is 30.3 Å². The topological polar surface area (TPSA) is 74.3 Å². The largest absolute Gasteiger partial charge is 0.331 e. The highest BCUT2D eigenvalue weighted by atomic mass is 15.4. The minimum Gasteiger partial charge on any atom is -0.331 e. The first-order valence-electron chi connectivity index (χ1n) is 9.75. The van der Waals surface area contributed by atoms with Crippen LogP contribution in [-0.4, -0.2) is 34.3 Å². The highest BCUT2D eigenvalue weighted by molar-refractivity contribution is 5.76. The fourth-order valence-electron chi connectivity index (χ4n) is 4.05. The van der Waals surface area contributed by atoms with Gasteiger partial charge in [-0.1, -0.05) is 19.1 Å². The van der Waals surface area contributed by atoms with Crippen LogP contribution in [-0.2, 0) is 13.5 Å². The van der Waals surface area contributed by atoms with Crippen molar-refractivity contribution in [2.24, 2.45) is 7.05 Å². The zero-order valence-corrected chi connectivity index (χ0v) is 16.6. The smallest absolute Gasteiger partial charge is 0.159 e. The summed E-state index contributed by atoms with van der Waals surface area (Å²) in [6.45, 7) is 5.93. The van der Waals surface area contributed by atoms with Gasteiger partial charge in [-0.2, -0.15) is 4.68 Å². The van der Waals surface area contributed by atoms with Gasteiger partial charge in [0.25, 0.3) is 0 Å². The van der Waals surface area contributed by atoms with Crippen LogP contribution in [0.3, 0.4) is 0 Å². The lowest BCUT2D eigenvalue weighted by molar-refractivity contribution is 0.751. The predicted molar refractivity (Wildman–Crippen MR) is 107 cm³/mol. The van der Waals surface area contributed by atoms with Gasteiger partial charge in [0.2, 0.25) is 0 Å². The first-order chi connectivity index (χ1) is 13.5. The molecular weight excluding hydrogens is 350 g/mol. The summed E-state index contributed by atoms with van der Waals surface area (Å²) in [6, 6.07) is 10.4. The molecule has 4 aromatic rings. The summed E-state index contributed by atoms with van der Waals surface area (Å²) in [7, 11) is 2.10. The molecule has 0 saturated heterocycles. The molecule has 0 bridgehead atoms. The van der Waals surface area contributed by atoms with Crippen LogP contribution in [0.5, 0.6) is 0 Å². The number of rotatable bonds is 4. The van der Waals surface area contributed by atoms with Crippen LogP contribution in [0.25, 0.3) is 16.9 Å². The van der Waals surface area contributed by atoms with Gasteiger partial charge in [-0.25, -0.2) is 19.9 Å². The molecule has 3 aromatic heterocycles. The second kappa shape index (κ2) is 6.22. The van der Waals surface area contributed by atoms with Crippen molar-refractivity contribution in [2.75, 3.05) is 0 Å². The maximum absolute atomic E-state index is 4.88. The van der Waals surface area contributed by atoms with Crippen molar-refractivity contribution in [2.45, 2.75) is 45.4 Å². The number of hydrogen-bond donors (Lipinski definition) is 0. The minimum absolute atomic E-state index is 0.366. The average Bonchev–Trinajstić information content (AvgIpc) is 3.29. The van der Waals surface area contributed by atoms with E-state index in [1.807, 2.05) is 24.6 Å². The molecule has 1 aliphatic carbocycles. The van der Waals surface area contributed by atoms with Gasteiger partial charge >= 0.3 is 0 Å². The fraction of sp³-hybridized carbons (Fsp3) is 0.381. The Kier molecular flexibility index (Phi) is 3.79. The van der Waals surface area contributed by atoms with Crippen LogP contribution in [0.1, 0.15) is 54.2 Å². The molecule has 1 saturated carbocycles. The lowest BCUT2D eigenvalue weighted by Gasteiger charge is -2.08. The van der Waals surface area contributed by atoms with Crippen LogP contribution < -0.4 is 0 Å². The molecule has 1 aliphatic rings. The number of aryl methyl sites for hydroxylation is 4. The van der Waals surface area contributed by atoms with Gasteiger partial charge in [0.1, 0.15) is 23.3 Å². The maximum atomic E-state index is 4.88. The van der Waals surface area contributed by atoms with Gasteiger partial charge in [0.05, 0.1) is 16.7 Å². The first-order valence-corrected chi connectivity index (χ1v) is 9.75. The van der Waals surface area contributed by atoms with Gasteiger partial charge in [-0.15, -0.1) is 5.10 Å². The van der Waals surface area contributed by atoms with Crippen molar-refractivity contribution in [1.82, 2.24) is 34.3 Å². The van der Waals surface area contributed by atoms with E-state index in [2.05, 4.69) is 57.9 Å². The molecule has 7 nitrogen and oxygen atoms in total. The van der Waals surface area contributed by atoms with Crippen molar-refractivity contribution in [3.63, 3.8) is 0 Å². The third-order valence-electron chi connectivity index (χ3n) is 5.48. The van der Waals surface area contributed by atoms with Gasteiger partial charge in [0, 0.05) is 31.4 Å². The third-order valence-corrected chi connectivity index (χ3v) is 5.48. The molecule has 3 heterocycles. The average molecular weight is 373 g/mol. The van der Waals surface area contributed by atoms with E-state index >= 15 is 0 Å². The summed E-state index contributed by atoms with van der Waals surface area (Å²) < 4.78 is 4.06. The van der Waals surface area contributed by atoms with Crippen molar-refractivity contribution in [1.29, 1.82) is 0 Å². The summed E-state index contributed by atoms with van der Waals surface area (Å²) >= 11 is 0. The van der Waals surface area contributed by atoms with E-state index in [0.717, 1.165) is 53.2 Å². The quantitative estimate of drug-likeness (QED) is 0.548. The van der Waals surface area contributed by atoms with Crippen LogP contribution in [0.4, 0.5) is 0 Å². The number of nitrogens with zero attached hydrogens (tertiary/aromatic N) is 7. The molecule has 7 heteroatoms.